The Hall–Kier alpha value is -2.14. The third kappa shape index (κ3) is 3.51. The van der Waals surface area contributed by atoms with Gasteiger partial charge in [-0.25, -0.2) is 4.98 Å². The van der Waals surface area contributed by atoms with Crippen molar-refractivity contribution in [2.24, 2.45) is 0 Å². The minimum absolute atomic E-state index is 0.888. The highest BCUT2D eigenvalue weighted by Crippen LogP contribution is 2.20. The number of benzene rings is 1. The summed E-state index contributed by atoms with van der Waals surface area (Å²) in [5.41, 5.74) is 1.39. The first kappa shape index (κ1) is 15.4. The summed E-state index contributed by atoms with van der Waals surface area (Å²) < 4.78 is 0. The maximum absolute atomic E-state index is 4.81. The Balaban J connectivity index is 1.36. The molecule has 2 aromatic rings. The molecular weight excluding hydrogens is 298 g/mol. The Morgan fingerprint density at radius 2 is 1.54 bits per heavy atom. The van der Waals surface area contributed by atoms with E-state index >= 15 is 0 Å². The average Bonchev–Trinajstić information content (AvgIpc) is 3.18. The van der Waals surface area contributed by atoms with Crippen LogP contribution in [0.4, 0.5) is 11.8 Å². The van der Waals surface area contributed by atoms with Crippen LogP contribution in [0.15, 0.2) is 42.6 Å². The molecule has 0 saturated carbocycles. The van der Waals surface area contributed by atoms with Crippen LogP contribution in [0.2, 0.25) is 0 Å². The van der Waals surface area contributed by atoms with Crippen LogP contribution in [-0.4, -0.2) is 54.1 Å². The monoisotopic (exact) mass is 323 g/mol. The molecule has 0 unspecified atom stereocenters. The van der Waals surface area contributed by atoms with Crippen LogP contribution >= 0.6 is 0 Å². The number of anilines is 2. The van der Waals surface area contributed by atoms with Gasteiger partial charge in [0.05, 0.1) is 0 Å². The molecule has 0 aliphatic carbocycles. The molecular formula is C19H25N5. The lowest BCUT2D eigenvalue weighted by Gasteiger charge is -2.35. The molecule has 0 N–H and O–H groups in total. The molecule has 1 aromatic heterocycles. The zero-order valence-corrected chi connectivity index (χ0v) is 14.1. The lowest BCUT2D eigenvalue weighted by molar-refractivity contribution is 0.248. The van der Waals surface area contributed by atoms with Crippen molar-refractivity contribution in [2.45, 2.75) is 19.4 Å². The smallest absolute Gasteiger partial charge is 0.227 e. The van der Waals surface area contributed by atoms with Crippen LogP contribution in [0.3, 0.4) is 0 Å². The maximum Gasteiger partial charge on any atom is 0.227 e. The second-order valence-electron chi connectivity index (χ2n) is 6.66. The van der Waals surface area contributed by atoms with Crippen LogP contribution in [0.5, 0.6) is 0 Å². The molecule has 5 nitrogen and oxygen atoms in total. The number of nitrogens with zero attached hydrogens (tertiary/aromatic N) is 5. The highest BCUT2D eigenvalue weighted by molar-refractivity contribution is 5.44. The SMILES string of the molecule is c1ccc(CN2CCN(c3nccc(N4CCCC4)n3)CC2)cc1. The third-order valence-corrected chi connectivity index (χ3v) is 4.96. The Kier molecular flexibility index (Phi) is 4.60. The lowest BCUT2D eigenvalue weighted by atomic mass is 10.2. The van der Waals surface area contributed by atoms with E-state index in [0.717, 1.165) is 57.6 Å². The second kappa shape index (κ2) is 7.18. The molecule has 24 heavy (non-hydrogen) atoms. The molecule has 0 radical (unpaired) electrons. The molecule has 2 aliphatic heterocycles. The average molecular weight is 323 g/mol. The number of hydrogen-bond acceptors (Lipinski definition) is 5. The summed E-state index contributed by atoms with van der Waals surface area (Å²) in [6, 6.07) is 12.8. The summed E-state index contributed by atoms with van der Waals surface area (Å²) in [6.07, 6.45) is 4.46. The second-order valence-corrected chi connectivity index (χ2v) is 6.66. The zero-order chi connectivity index (χ0) is 16.2. The van der Waals surface area contributed by atoms with Crippen LogP contribution in [0.1, 0.15) is 18.4 Å². The quantitative estimate of drug-likeness (QED) is 0.863. The Labute approximate surface area is 143 Å². The molecule has 0 amide bonds. The van der Waals surface area contributed by atoms with E-state index in [2.05, 4.69) is 50.0 Å². The van der Waals surface area contributed by atoms with Crippen LogP contribution in [0.25, 0.3) is 0 Å². The van der Waals surface area contributed by atoms with Crippen molar-refractivity contribution in [3.8, 4) is 0 Å². The summed E-state index contributed by atoms with van der Waals surface area (Å²) in [7, 11) is 0. The highest BCUT2D eigenvalue weighted by atomic mass is 15.3. The van der Waals surface area contributed by atoms with Gasteiger partial charge in [-0.1, -0.05) is 30.3 Å². The molecule has 5 heteroatoms. The van der Waals surface area contributed by atoms with Gasteiger partial charge in [-0.2, -0.15) is 4.98 Å². The van der Waals surface area contributed by atoms with Gasteiger partial charge >= 0.3 is 0 Å². The summed E-state index contributed by atoms with van der Waals surface area (Å²) in [6.45, 7) is 7.40. The molecule has 0 atom stereocenters. The Morgan fingerprint density at radius 3 is 2.29 bits per heavy atom. The molecule has 0 bridgehead atoms. The van der Waals surface area contributed by atoms with Gasteiger partial charge in [-0.15, -0.1) is 0 Å². The minimum atomic E-state index is 0.888. The van der Waals surface area contributed by atoms with Crippen molar-refractivity contribution in [1.29, 1.82) is 0 Å². The summed E-state index contributed by atoms with van der Waals surface area (Å²) in [5, 5.41) is 0. The Morgan fingerprint density at radius 1 is 0.792 bits per heavy atom. The van der Waals surface area contributed by atoms with Crippen molar-refractivity contribution < 1.29 is 0 Å². The van der Waals surface area contributed by atoms with Gasteiger partial charge in [0.25, 0.3) is 0 Å². The van der Waals surface area contributed by atoms with E-state index in [1.807, 2.05) is 12.3 Å². The molecule has 1 aromatic carbocycles. The lowest BCUT2D eigenvalue weighted by Crippen LogP contribution is -2.46. The van der Waals surface area contributed by atoms with Crippen LogP contribution < -0.4 is 9.80 Å². The molecule has 0 spiro atoms. The number of aromatic nitrogens is 2. The fourth-order valence-electron chi connectivity index (χ4n) is 3.56. The number of hydrogen-bond donors (Lipinski definition) is 0. The van der Waals surface area contributed by atoms with Crippen molar-refractivity contribution in [2.75, 3.05) is 49.1 Å². The predicted molar refractivity (Wildman–Crippen MR) is 97.4 cm³/mol. The van der Waals surface area contributed by atoms with Crippen molar-refractivity contribution in [3.63, 3.8) is 0 Å². The van der Waals surface area contributed by atoms with E-state index in [1.54, 1.807) is 0 Å². The van der Waals surface area contributed by atoms with E-state index < -0.39 is 0 Å². The van der Waals surface area contributed by atoms with E-state index in [0.29, 0.717) is 0 Å². The predicted octanol–water partition coefficient (Wildman–Crippen LogP) is 2.40. The highest BCUT2D eigenvalue weighted by Gasteiger charge is 2.20. The fraction of sp³-hybridized carbons (Fsp3) is 0.474. The standard InChI is InChI=1S/C19H25N5/c1-2-6-17(7-3-1)16-22-12-14-24(15-13-22)19-20-9-8-18(21-19)23-10-4-5-11-23/h1-3,6-9H,4-5,10-16H2. The normalized spacial score (nSPS) is 19.0. The number of piperazine rings is 1. The fourth-order valence-corrected chi connectivity index (χ4v) is 3.56. The molecule has 3 heterocycles. The number of rotatable bonds is 4. The van der Waals surface area contributed by atoms with E-state index in [-0.39, 0.29) is 0 Å². The van der Waals surface area contributed by atoms with Gasteiger partial charge in [0.15, 0.2) is 0 Å². The van der Waals surface area contributed by atoms with Gasteiger partial charge < -0.3 is 9.80 Å². The zero-order valence-electron chi connectivity index (χ0n) is 14.1. The van der Waals surface area contributed by atoms with Crippen LogP contribution in [-0.2, 0) is 6.54 Å². The Bertz CT molecular complexity index is 646. The minimum Gasteiger partial charge on any atom is -0.356 e. The first-order valence-corrected chi connectivity index (χ1v) is 8.98. The third-order valence-electron chi connectivity index (χ3n) is 4.96. The molecule has 126 valence electrons. The van der Waals surface area contributed by atoms with Crippen molar-refractivity contribution in [3.05, 3.63) is 48.2 Å². The maximum atomic E-state index is 4.81. The van der Waals surface area contributed by atoms with E-state index in [4.69, 9.17) is 4.98 Å². The van der Waals surface area contributed by atoms with Gasteiger partial charge in [-0.05, 0) is 24.5 Å². The molecule has 2 fully saturated rings. The summed E-state index contributed by atoms with van der Waals surface area (Å²) in [5.74, 6) is 1.97. The van der Waals surface area contributed by atoms with Gasteiger partial charge in [-0.3, -0.25) is 4.90 Å². The van der Waals surface area contributed by atoms with Crippen molar-refractivity contribution in [1.82, 2.24) is 14.9 Å². The summed E-state index contributed by atoms with van der Waals surface area (Å²) >= 11 is 0. The molecule has 2 aliphatic rings. The summed E-state index contributed by atoms with van der Waals surface area (Å²) in [4.78, 5) is 16.5. The van der Waals surface area contributed by atoms with Crippen LogP contribution in [0, 0.1) is 0 Å². The first-order chi connectivity index (χ1) is 11.9. The van der Waals surface area contributed by atoms with Gasteiger partial charge in [0.1, 0.15) is 5.82 Å². The van der Waals surface area contributed by atoms with Gasteiger partial charge in [0.2, 0.25) is 5.95 Å². The van der Waals surface area contributed by atoms with Gasteiger partial charge in [0, 0.05) is 52.0 Å². The first-order valence-electron chi connectivity index (χ1n) is 8.98. The van der Waals surface area contributed by atoms with E-state index in [1.165, 1.54) is 18.4 Å². The molecule has 2 saturated heterocycles. The van der Waals surface area contributed by atoms with Crippen molar-refractivity contribution >= 4 is 11.8 Å². The largest absolute Gasteiger partial charge is 0.356 e. The molecule has 4 rings (SSSR count). The van der Waals surface area contributed by atoms with E-state index in [9.17, 15) is 0 Å². The topological polar surface area (TPSA) is 35.5 Å².